The van der Waals surface area contributed by atoms with Crippen LogP contribution in [-0.2, 0) is 23.8 Å². The molecule has 3 rings (SSSR count). The maximum atomic E-state index is 11.2. The van der Waals surface area contributed by atoms with Crippen LogP contribution >= 0.6 is 0 Å². The van der Waals surface area contributed by atoms with Crippen molar-refractivity contribution in [3.63, 3.8) is 0 Å². The number of hydrogen-bond acceptors (Lipinski definition) is 4. The maximum Gasteiger partial charge on any atom is 0.225 e. The largest absolute Gasteiger partial charge is 0.369 e. The van der Waals surface area contributed by atoms with Gasteiger partial charge in [-0.15, -0.1) is 0 Å². The molecule has 0 fully saturated rings. The number of rotatable bonds is 4. The second-order valence-corrected chi connectivity index (χ2v) is 6.76. The van der Waals surface area contributed by atoms with Crippen LogP contribution < -0.4 is 5.73 Å². The summed E-state index contributed by atoms with van der Waals surface area (Å²) in [6.07, 6.45) is 7.57. The molecule has 0 bridgehead atoms. The highest BCUT2D eigenvalue weighted by Gasteiger charge is 2.19. The molecule has 3 heterocycles. The number of carbonyl (C=O) groups is 1. The van der Waals surface area contributed by atoms with Crippen LogP contribution in [0.3, 0.4) is 0 Å². The standard InChI is InChI=1S/C16H21N7O/c1-16(2,3)22-6-5-11(9-22)15-19-14(7-13(17)24)20-23(15)12-8-18-21(4)10-12/h5-6,8-10H,7H2,1-4H3,(H2,17,24). The first-order chi connectivity index (χ1) is 11.2. The van der Waals surface area contributed by atoms with Crippen molar-refractivity contribution in [1.82, 2.24) is 29.1 Å². The molecule has 0 unspecified atom stereocenters. The molecule has 0 aromatic carbocycles. The van der Waals surface area contributed by atoms with Crippen LogP contribution in [0, 0.1) is 0 Å². The van der Waals surface area contributed by atoms with Crippen molar-refractivity contribution in [3.8, 4) is 17.1 Å². The number of hydrogen-bond donors (Lipinski definition) is 1. The molecule has 126 valence electrons. The molecule has 0 saturated heterocycles. The van der Waals surface area contributed by atoms with Gasteiger partial charge in [0, 0.05) is 30.5 Å². The first-order valence-electron chi connectivity index (χ1n) is 7.66. The van der Waals surface area contributed by atoms with E-state index in [1.54, 1.807) is 15.6 Å². The first kappa shape index (κ1) is 16.0. The monoisotopic (exact) mass is 327 g/mol. The van der Waals surface area contributed by atoms with Gasteiger partial charge in [-0.05, 0) is 26.8 Å². The third-order valence-electron chi connectivity index (χ3n) is 3.64. The highest BCUT2D eigenvalue weighted by atomic mass is 16.1. The maximum absolute atomic E-state index is 11.2. The lowest BCUT2D eigenvalue weighted by molar-refractivity contribution is -0.117. The highest BCUT2D eigenvalue weighted by Crippen LogP contribution is 2.24. The zero-order chi connectivity index (χ0) is 17.5. The fraction of sp³-hybridized carbons (Fsp3) is 0.375. The lowest BCUT2D eigenvalue weighted by Gasteiger charge is -2.20. The molecule has 0 saturated carbocycles. The van der Waals surface area contributed by atoms with E-state index < -0.39 is 5.91 Å². The van der Waals surface area contributed by atoms with Gasteiger partial charge in [0.25, 0.3) is 0 Å². The Labute approximate surface area is 139 Å². The smallest absolute Gasteiger partial charge is 0.225 e. The third kappa shape index (κ3) is 3.08. The van der Waals surface area contributed by atoms with Crippen LogP contribution in [0.1, 0.15) is 26.6 Å². The number of aromatic nitrogens is 6. The van der Waals surface area contributed by atoms with Crippen molar-refractivity contribution in [3.05, 3.63) is 36.7 Å². The topological polar surface area (TPSA) is 96.5 Å². The van der Waals surface area contributed by atoms with E-state index in [1.165, 1.54) is 0 Å². The van der Waals surface area contributed by atoms with Crippen LogP contribution in [0.15, 0.2) is 30.9 Å². The SMILES string of the molecule is Cn1cc(-n2nc(CC(N)=O)nc2-c2ccn(C(C)(C)C)c2)cn1. The molecule has 0 aliphatic heterocycles. The van der Waals surface area contributed by atoms with E-state index in [2.05, 4.69) is 40.5 Å². The average Bonchev–Trinajstić information content (AvgIpc) is 3.14. The number of primary amides is 1. The number of amides is 1. The Morgan fingerprint density at radius 1 is 1.29 bits per heavy atom. The summed E-state index contributed by atoms with van der Waals surface area (Å²) in [6.45, 7) is 6.38. The minimum absolute atomic E-state index is 0.000240. The van der Waals surface area contributed by atoms with Crippen molar-refractivity contribution in [2.24, 2.45) is 12.8 Å². The molecule has 8 heteroatoms. The van der Waals surface area contributed by atoms with Gasteiger partial charge in [0.15, 0.2) is 11.6 Å². The third-order valence-corrected chi connectivity index (χ3v) is 3.64. The first-order valence-corrected chi connectivity index (χ1v) is 7.66. The summed E-state index contributed by atoms with van der Waals surface area (Å²) in [6, 6.07) is 1.98. The lowest BCUT2D eigenvalue weighted by atomic mass is 10.1. The molecule has 0 aliphatic carbocycles. The van der Waals surface area contributed by atoms with Crippen molar-refractivity contribution < 1.29 is 4.79 Å². The van der Waals surface area contributed by atoms with E-state index in [1.807, 2.05) is 31.7 Å². The van der Waals surface area contributed by atoms with Crippen LogP contribution in [0.4, 0.5) is 0 Å². The molecular formula is C16H21N7O. The Balaban J connectivity index is 2.09. The van der Waals surface area contributed by atoms with E-state index in [-0.39, 0.29) is 12.0 Å². The van der Waals surface area contributed by atoms with Crippen LogP contribution in [0.5, 0.6) is 0 Å². The Bertz CT molecular complexity index is 879. The number of aryl methyl sites for hydroxylation is 1. The average molecular weight is 327 g/mol. The van der Waals surface area contributed by atoms with Crippen LogP contribution in [0.2, 0.25) is 0 Å². The van der Waals surface area contributed by atoms with Gasteiger partial charge in [-0.25, -0.2) is 9.67 Å². The molecule has 0 spiro atoms. The normalized spacial score (nSPS) is 11.8. The number of nitrogens with zero attached hydrogens (tertiary/aromatic N) is 6. The predicted molar refractivity (Wildman–Crippen MR) is 89.4 cm³/mol. The Morgan fingerprint density at radius 3 is 2.58 bits per heavy atom. The van der Waals surface area contributed by atoms with Crippen LogP contribution in [-0.4, -0.2) is 35.0 Å². The summed E-state index contributed by atoms with van der Waals surface area (Å²) < 4.78 is 5.49. The van der Waals surface area contributed by atoms with Crippen molar-refractivity contribution >= 4 is 5.91 Å². The molecule has 3 aromatic heterocycles. The fourth-order valence-corrected chi connectivity index (χ4v) is 2.42. The van der Waals surface area contributed by atoms with Crippen molar-refractivity contribution in [2.75, 3.05) is 0 Å². The van der Waals surface area contributed by atoms with Gasteiger partial charge in [0.05, 0.1) is 18.8 Å². The zero-order valence-corrected chi connectivity index (χ0v) is 14.3. The van der Waals surface area contributed by atoms with E-state index in [0.717, 1.165) is 11.3 Å². The van der Waals surface area contributed by atoms with Gasteiger partial charge in [0.1, 0.15) is 5.69 Å². The van der Waals surface area contributed by atoms with Crippen molar-refractivity contribution in [1.29, 1.82) is 0 Å². The van der Waals surface area contributed by atoms with E-state index in [9.17, 15) is 4.79 Å². The zero-order valence-electron chi connectivity index (χ0n) is 14.3. The van der Waals surface area contributed by atoms with E-state index in [0.29, 0.717) is 11.6 Å². The highest BCUT2D eigenvalue weighted by molar-refractivity contribution is 5.75. The minimum atomic E-state index is -0.461. The Kier molecular flexibility index (Phi) is 3.75. The summed E-state index contributed by atoms with van der Waals surface area (Å²) >= 11 is 0. The number of carbonyl (C=O) groups excluding carboxylic acids is 1. The molecule has 0 aliphatic rings. The summed E-state index contributed by atoms with van der Waals surface area (Å²) in [4.78, 5) is 15.7. The van der Waals surface area contributed by atoms with Gasteiger partial charge in [-0.3, -0.25) is 9.48 Å². The Morgan fingerprint density at radius 2 is 2.04 bits per heavy atom. The van der Waals surface area contributed by atoms with Gasteiger partial charge in [-0.1, -0.05) is 0 Å². The van der Waals surface area contributed by atoms with Crippen LogP contribution in [0.25, 0.3) is 17.1 Å². The van der Waals surface area contributed by atoms with Gasteiger partial charge in [0.2, 0.25) is 5.91 Å². The summed E-state index contributed by atoms with van der Waals surface area (Å²) in [5.74, 6) is 0.587. The molecule has 0 atom stereocenters. The second-order valence-electron chi connectivity index (χ2n) is 6.76. The lowest BCUT2D eigenvalue weighted by Crippen LogP contribution is -2.19. The molecule has 3 aromatic rings. The minimum Gasteiger partial charge on any atom is -0.369 e. The molecule has 24 heavy (non-hydrogen) atoms. The molecule has 2 N–H and O–H groups in total. The molecular weight excluding hydrogens is 306 g/mol. The molecule has 1 amide bonds. The predicted octanol–water partition coefficient (Wildman–Crippen LogP) is 1.25. The number of nitrogens with two attached hydrogens (primary N) is 1. The summed E-state index contributed by atoms with van der Waals surface area (Å²) in [7, 11) is 1.83. The fourth-order valence-electron chi connectivity index (χ4n) is 2.42. The molecule has 8 nitrogen and oxygen atoms in total. The van der Waals surface area contributed by atoms with Gasteiger partial charge in [-0.2, -0.15) is 10.2 Å². The summed E-state index contributed by atoms with van der Waals surface area (Å²) in [5, 5.41) is 8.60. The Hall–Kier alpha value is -2.90. The second kappa shape index (κ2) is 5.63. The quantitative estimate of drug-likeness (QED) is 0.780. The van der Waals surface area contributed by atoms with Gasteiger partial charge >= 0.3 is 0 Å². The van der Waals surface area contributed by atoms with E-state index >= 15 is 0 Å². The van der Waals surface area contributed by atoms with E-state index in [4.69, 9.17) is 5.73 Å². The molecule has 0 radical (unpaired) electrons. The van der Waals surface area contributed by atoms with Crippen molar-refractivity contribution in [2.45, 2.75) is 32.7 Å². The van der Waals surface area contributed by atoms with Gasteiger partial charge < -0.3 is 10.3 Å². The summed E-state index contributed by atoms with van der Waals surface area (Å²) in [5.41, 5.74) is 6.93.